The minimum absolute atomic E-state index is 0.0525. The van der Waals surface area contributed by atoms with Gasteiger partial charge in [0.2, 0.25) is 0 Å². The van der Waals surface area contributed by atoms with Gasteiger partial charge in [0, 0.05) is 33.3 Å². The first-order valence-electron chi connectivity index (χ1n) is 9.47. The standard InChI is InChI=1S/C23H25BrN2O3/c1-13(2)25-16(5)21(23(28)29-6)20(22(25)27)12-17-11-14(3)26(15(17)4)19-9-7-18(24)8-10-19/h7-13H,1-6H3. The van der Waals surface area contributed by atoms with Crippen molar-refractivity contribution < 1.29 is 14.3 Å². The number of methoxy groups -OCH3 is 1. The molecule has 1 aromatic heterocycles. The molecule has 0 unspecified atom stereocenters. The molecule has 29 heavy (non-hydrogen) atoms. The molecule has 5 nitrogen and oxygen atoms in total. The third kappa shape index (κ3) is 3.69. The second kappa shape index (κ2) is 8.03. The molecule has 0 saturated heterocycles. The summed E-state index contributed by atoms with van der Waals surface area (Å²) in [5.41, 5.74) is 5.31. The highest BCUT2D eigenvalue weighted by molar-refractivity contribution is 9.10. The Hall–Kier alpha value is -2.60. The Morgan fingerprint density at radius 2 is 1.76 bits per heavy atom. The van der Waals surface area contributed by atoms with Gasteiger partial charge in [-0.15, -0.1) is 0 Å². The van der Waals surface area contributed by atoms with Gasteiger partial charge in [0.05, 0.1) is 18.3 Å². The van der Waals surface area contributed by atoms with E-state index in [1.54, 1.807) is 17.9 Å². The number of aromatic nitrogens is 1. The van der Waals surface area contributed by atoms with Crippen LogP contribution >= 0.6 is 15.9 Å². The number of halogens is 1. The van der Waals surface area contributed by atoms with Crippen LogP contribution in [0.4, 0.5) is 0 Å². The van der Waals surface area contributed by atoms with Gasteiger partial charge >= 0.3 is 5.97 Å². The van der Waals surface area contributed by atoms with Gasteiger partial charge in [-0.2, -0.15) is 0 Å². The number of ether oxygens (including phenoxy) is 1. The summed E-state index contributed by atoms with van der Waals surface area (Å²) >= 11 is 3.47. The van der Waals surface area contributed by atoms with Crippen molar-refractivity contribution in [3.63, 3.8) is 0 Å². The Labute approximate surface area is 179 Å². The first kappa shape index (κ1) is 21.1. The summed E-state index contributed by atoms with van der Waals surface area (Å²) < 4.78 is 8.11. The molecular weight excluding hydrogens is 432 g/mol. The highest BCUT2D eigenvalue weighted by Gasteiger charge is 2.38. The average Bonchev–Trinajstić information content (AvgIpc) is 3.08. The zero-order valence-corrected chi connectivity index (χ0v) is 19.1. The minimum atomic E-state index is -0.494. The van der Waals surface area contributed by atoms with Gasteiger partial charge in [-0.1, -0.05) is 15.9 Å². The normalized spacial score (nSPS) is 15.8. The number of benzene rings is 1. The van der Waals surface area contributed by atoms with Crippen molar-refractivity contribution in [3.8, 4) is 5.69 Å². The third-order valence-corrected chi connectivity index (χ3v) is 5.73. The number of carbonyl (C=O) groups excluding carboxylic acids is 2. The second-order valence-electron chi connectivity index (χ2n) is 7.42. The largest absolute Gasteiger partial charge is 0.465 e. The van der Waals surface area contributed by atoms with Gasteiger partial charge in [-0.3, -0.25) is 4.79 Å². The van der Waals surface area contributed by atoms with Crippen LogP contribution in [0.15, 0.2) is 51.6 Å². The van der Waals surface area contributed by atoms with Gasteiger partial charge in [0.25, 0.3) is 5.91 Å². The summed E-state index contributed by atoms with van der Waals surface area (Å²) in [5.74, 6) is -0.668. The maximum Gasteiger partial charge on any atom is 0.340 e. The van der Waals surface area contributed by atoms with Gasteiger partial charge in [-0.25, -0.2) is 4.79 Å². The smallest absolute Gasteiger partial charge is 0.340 e. The Kier molecular flexibility index (Phi) is 5.85. The molecule has 0 N–H and O–H groups in total. The lowest BCUT2D eigenvalue weighted by atomic mass is 10.0. The number of rotatable bonds is 4. The van der Waals surface area contributed by atoms with Crippen LogP contribution < -0.4 is 0 Å². The number of esters is 1. The van der Waals surface area contributed by atoms with E-state index in [1.807, 2.05) is 58.0 Å². The minimum Gasteiger partial charge on any atom is -0.465 e. The zero-order chi connectivity index (χ0) is 21.5. The Morgan fingerprint density at radius 1 is 1.14 bits per heavy atom. The summed E-state index contributed by atoms with van der Waals surface area (Å²) in [5, 5.41) is 0. The van der Waals surface area contributed by atoms with Crippen molar-refractivity contribution in [2.24, 2.45) is 0 Å². The lowest BCUT2D eigenvalue weighted by molar-refractivity contribution is -0.136. The van der Waals surface area contributed by atoms with Crippen molar-refractivity contribution in [3.05, 3.63) is 68.6 Å². The first-order chi connectivity index (χ1) is 13.7. The fourth-order valence-corrected chi connectivity index (χ4v) is 4.16. The van der Waals surface area contributed by atoms with Gasteiger partial charge < -0.3 is 14.2 Å². The molecule has 1 aromatic carbocycles. The van der Waals surface area contributed by atoms with E-state index in [9.17, 15) is 9.59 Å². The molecule has 1 aliphatic heterocycles. The molecule has 0 aliphatic carbocycles. The summed E-state index contributed by atoms with van der Waals surface area (Å²) in [7, 11) is 1.34. The van der Waals surface area contributed by atoms with Crippen molar-refractivity contribution in [1.82, 2.24) is 9.47 Å². The van der Waals surface area contributed by atoms with E-state index in [2.05, 4.69) is 20.5 Å². The summed E-state index contributed by atoms with van der Waals surface area (Å²) in [6, 6.07) is 10.0. The van der Waals surface area contributed by atoms with E-state index in [-0.39, 0.29) is 11.9 Å². The predicted octanol–water partition coefficient (Wildman–Crippen LogP) is 4.94. The van der Waals surface area contributed by atoms with Gasteiger partial charge in [0.15, 0.2) is 0 Å². The summed E-state index contributed by atoms with van der Waals surface area (Å²) in [4.78, 5) is 27.2. The molecule has 1 amide bonds. The summed E-state index contributed by atoms with van der Waals surface area (Å²) in [6.45, 7) is 9.68. The molecule has 6 heteroatoms. The summed E-state index contributed by atoms with van der Waals surface area (Å²) in [6.07, 6.45) is 1.80. The molecule has 0 bridgehead atoms. The quantitative estimate of drug-likeness (QED) is 0.483. The first-order valence-corrected chi connectivity index (χ1v) is 10.3. The van der Waals surface area contributed by atoms with E-state index in [1.165, 1.54) is 7.11 Å². The molecule has 2 aromatic rings. The molecule has 0 spiro atoms. The number of allylic oxidation sites excluding steroid dienone is 1. The molecule has 0 saturated carbocycles. The monoisotopic (exact) mass is 456 g/mol. The molecule has 1 aliphatic rings. The number of hydrogen-bond acceptors (Lipinski definition) is 3. The maximum atomic E-state index is 13.1. The lowest BCUT2D eigenvalue weighted by Gasteiger charge is -2.22. The number of hydrogen-bond donors (Lipinski definition) is 0. The van der Waals surface area contributed by atoms with Crippen LogP contribution in [0.3, 0.4) is 0 Å². The maximum absolute atomic E-state index is 13.1. The Balaban J connectivity index is 2.14. The number of aryl methyl sites for hydroxylation is 1. The van der Waals surface area contributed by atoms with Crippen molar-refractivity contribution in [2.75, 3.05) is 7.11 Å². The van der Waals surface area contributed by atoms with Crippen LogP contribution in [0.5, 0.6) is 0 Å². The Morgan fingerprint density at radius 3 is 2.31 bits per heavy atom. The second-order valence-corrected chi connectivity index (χ2v) is 8.33. The van der Waals surface area contributed by atoms with Crippen molar-refractivity contribution in [2.45, 2.75) is 40.7 Å². The van der Waals surface area contributed by atoms with E-state index < -0.39 is 5.97 Å². The van der Waals surface area contributed by atoms with E-state index in [0.717, 1.165) is 27.1 Å². The molecule has 2 heterocycles. The molecule has 0 atom stereocenters. The van der Waals surface area contributed by atoms with E-state index >= 15 is 0 Å². The fourth-order valence-electron chi connectivity index (χ4n) is 3.90. The number of carbonyl (C=O) groups is 2. The van der Waals surface area contributed by atoms with Crippen LogP contribution in [-0.4, -0.2) is 34.5 Å². The van der Waals surface area contributed by atoms with Crippen molar-refractivity contribution >= 4 is 33.9 Å². The molecular formula is C23H25BrN2O3. The van der Waals surface area contributed by atoms with Crippen LogP contribution in [0, 0.1) is 13.8 Å². The van der Waals surface area contributed by atoms with Gasteiger partial charge in [-0.05, 0) is 76.6 Å². The van der Waals surface area contributed by atoms with E-state index in [0.29, 0.717) is 16.8 Å². The molecule has 0 radical (unpaired) electrons. The van der Waals surface area contributed by atoms with Crippen LogP contribution in [0.1, 0.15) is 37.7 Å². The van der Waals surface area contributed by atoms with E-state index in [4.69, 9.17) is 4.74 Å². The molecule has 0 fully saturated rings. The number of nitrogens with zero attached hydrogens (tertiary/aromatic N) is 2. The molecule has 152 valence electrons. The predicted molar refractivity (Wildman–Crippen MR) is 118 cm³/mol. The highest BCUT2D eigenvalue weighted by atomic mass is 79.9. The number of amides is 1. The van der Waals surface area contributed by atoms with Crippen LogP contribution in [0.2, 0.25) is 0 Å². The van der Waals surface area contributed by atoms with Gasteiger partial charge in [0.1, 0.15) is 0 Å². The third-order valence-electron chi connectivity index (χ3n) is 5.20. The topological polar surface area (TPSA) is 51.5 Å². The van der Waals surface area contributed by atoms with Crippen LogP contribution in [0.25, 0.3) is 11.8 Å². The lowest BCUT2D eigenvalue weighted by Crippen LogP contribution is -2.31. The molecule has 3 rings (SSSR count). The van der Waals surface area contributed by atoms with Crippen LogP contribution in [-0.2, 0) is 14.3 Å². The highest BCUT2D eigenvalue weighted by Crippen LogP contribution is 2.34. The van der Waals surface area contributed by atoms with Crippen molar-refractivity contribution in [1.29, 1.82) is 0 Å². The average molecular weight is 457 g/mol. The SMILES string of the molecule is COC(=O)C1=C(C)N(C(C)C)C(=O)C1=Cc1cc(C)n(-c2ccc(Br)cc2)c1C. The Bertz CT molecular complexity index is 1040. The fraction of sp³-hybridized carbons (Fsp3) is 0.304. The zero-order valence-electron chi connectivity index (χ0n) is 17.5.